The fourth-order valence-electron chi connectivity index (χ4n) is 2.97. The second-order valence-corrected chi connectivity index (χ2v) is 7.12. The third-order valence-electron chi connectivity index (χ3n) is 4.53. The first kappa shape index (κ1) is 21.2. The minimum atomic E-state index is -0.332. The molecule has 2 aromatic carbocycles. The zero-order valence-electron chi connectivity index (χ0n) is 17.4. The molecule has 6 nitrogen and oxygen atoms in total. The van der Waals surface area contributed by atoms with Crippen molar-refractivity contribution >= 4 is 17.6 Å². The molecule has 0 fully saturated rings. The van der Waals surface area contributed by atoms with Gasteiger partial charge in [0.2, 0.25) is 5.96 Å². The van der Waals surface area contributed by atoms with Crippen LogP contribution in [0.15, 0.2) is 59.7 Å². The van der Waals surface area contributed by atoms with Crippen molar-refractivity contribution in [3.8, 4) is 0 Å². The first-order chi connectivity index (χ1) is 14.4. The predicted octanol–water partition coefficient (Wildman–Crippen LogP) is 4.45. The molecule has 0 radical (unpaired) electrons. The molecule has 1 amide bonds. The van der Waals surface area contributed by atoms with Crippen LogP contribution in [0.5, 0.6) is 0 Å². The second-order valence-electron chi connectivity index (χ2n) is 7.12. The average molecular weight is 407 g/mol. The van der Waals surface area contributed by atoms with E-state index in [0.29, 0.717) is 17.8 Å². The molecule has 0 atom stereocenters. The standard InChI is InChI=1S/C23H26FN5O/c1-4-12-29-15-19(17(3)28-29)14-25-23(26-21-10-8-20(24)9-11-21)27-22(30)18-7-5-6-16(2)13-18/h5-11,13,15H,4,12,14H2,1-3H3,(H2,25,26,27,30). The van der Waals surface area contributed by atoms with Gasteiger partial charge < -0.3 is 5.32 Å². The molecule has 2 N–H and O–H groups in total. The minimum absolute atomic E-state index is 0.273. The van der Waals surface area contributed by atoms with E-state index in [0.717, 1.165) is 29.8 Å². The van der Waals surface area contributed by atoms with Gasteiger partial charge in [0.15, 0.2) is 0 Å². The van der Waals surface area contributed by atoms with Gasteiger partial charge in [-0.3, -0.25) is 14.8 Å². The number of aryl methyl sites for hydroxylation is 3. The number of amides is 1. The number of aromatic nitrogens is 2. The van der Waals surface area contributed by atoms with Crippen molar-refractivity contribution in [2.75, 3.05) is 5.32 Å². The summed E-state index contributed by atoms with van der Waals surface area (Å²) in [6, 6.07) is 13.2. The Hall–Kier alpha value is -3.48. The summed E-state index contributed by atoms with van der Waals surface area (Å²) in [7, 11) is 0. The fourth-order valence-corrected chi connectivity index (χ4v) is 2.97. The van der Waals surface area contributed by atoms with E-state index in [4.69, 9.17) is 0 Å². The number of halogens is 1. The maximum absolute atomic E-state index is 13.2. The molecule has 0 aliphatic carbocycles. The number of guanidine groups is 1. The number of hydrogen-bond acceptors (Lipinski definition) is 3. The van der Waals surface area contributed by atoms with Gasteiger partial charge in [-0.25, -0.2) is 9.38 Å². The van der Waals surface area contributed by atoms with E-state index in [2.05, 4.69) is 27.6 Å². The lowest BCUT2D eigenvalue weighted by atomic mass is 10.1. The highest BCUT2D eigenvalue weighted by Crippen LogP contribution is 2.11. The van der Waals surface area contributed by atoms with E-state index in [1.807, 2.05) is 42.9 Å². The Bertz CT molecular complexity index is 1040. The maximum Gasteiger partial charge on any atom is 0.257 e. The first-order valence-corrected chi connectivity index (χ1v) is 9.92. The lowest BCUT2D eigenvalue weighted by molar-refractivity contribution is 0.0977. The quantitative estimate of drug-likeness (QED) is 0.469. The highest BCUT2D eigenvalue weighted by molar-refractivity contribution is 6.10. The average Bonchev–Trinajstić information content (AvgIpc) is 3.07. The summed E-state index contributed by atoms with van der Waals surface area (Å²) in [6.45, 7) is 7.16. The Kier molecular flexibility index (Phi) is 6.95. The molecule has 156 valence electrons. The van der Waals surface area contributed by atoms with Gasteiger partial charge in [0.25, 0.3) is 5.91 Å². The van der Waals surface area contributed by atoms with E-state index < -0.39 is 0 Å². The molecule has 0 saturated carbocycles. The van der Waals surface area contributed by atoms with Crippen LogP contribution in [-0.2, 0) is 13.1 Å². The maximum atomic E-state index is 13.2. The molecule has 1 heterocycles. The number of carbonyl (C=O) groups excluding carboxylic acids is 1. The van der Waals surface area contributed by atoms with E-state index in [9.17, 15) is 9.18 Å². The molecule has 0 unspecified atom stereocenters. The van der Waals surface area contributed by atoms with Gasteiger partial charge in [0.1, 0.15) is 5.82 Å². The lowest BCUT2D eigenvalue weighted by Crippen LogP contribution is -2.36. The highest BCUT2D eigenvalue weighted by Gasteiger charge is 2.11. The second kappa shape index (κ2) is 9.82. The molecule has 30 heavy (non-hydrogen) atoms. The summed E-state index contributed by atoms with van der Waals surface area (Å²) in [4.78, 5) is 17.3. The zero-order valence-corrected chi connectivity index (χ0v) is 17.4. The number of nitrogens with zero attached hydrogens (tertiary/aromatic N) is 3. The summed E-state index contributed by atoms with van der Waals surface area (Å²) < 4.78 is 15.1. The third-order valence-corrected chi connectivity index (χ3v) is 4.53. The fraction of sp³-hybridized carbons (Fsp3) is 0.261. The zero-order chi connectivity index (χ0) is 21.5. The van der Waals surface area contributed by atoms with Gasteiger partial charge in [0.05, 0.1) is 12.2 Å². The van der Waals surface area contributed by atoms with Crippen LogP contribution in [0.2, 0.25) is 0 Å². The van der Waals surface area contributed by atoms with Crippen molar-refractivity contribution in [1.29, 1.82) is 0 Å². The number of aliphatic imine (C=N–C) groups is 1. The number of nitrogens with one attached hydrogen (secondary N) is 2. The van der Waals surface area contributed by atoms with Crippen molar-refractivity contribution in [3.05, 3.63) is 82.9 Å². The Morgan fingerprint density at radius 3 is 2.63 bits per heavy atom. The molecule has 0 bridgehead atoms. The summed E-state index contributed by atoms with van der Waals surface area (Å²) in [5, 5.41) is 10.4. The normalized spacial score (nSPS) is 11.4. The van der Waals surface area contributed by atoms with Crippen molar-refractivity contribution in [3.63, 3.8) is 0 Å². The number of rotatable bonds is 6. The number of anilines is 1. The van der Waals surface area contributed by atoms with Crippen LogP contribution in [0, 0.1) is 19.7 Å². The SMILES string of the molecule is CCCn1cc(CN=C(NC(=O)c2cccc(C)c2)Nc2ccc(F)cc2)c(C)n1. The highest BCUT2D eigenvalue weighted by atomic mass is 19.1. The number of hydrogen-bond donors (Lipinski definition) is 2. The molecule has 0 aliphatic heterocycles. The molecular formula is C23H26FN5O. The molecule has 3 rings (SSSR count). The molecule has 0 aliphatic rings. The summed E-state index contributed by atoms with van der Waals surface area (Å²) in [5.74, 6) is -0.317. The van der Waals surface area contributed by atoms with Crippen molar-refractivity contribution < 1.29 is 9.18 Å². The van der Waals surface area contributed by atoms with Crippen LogP contribution in [0.4, 0.5) is 10.1 Å². The topological polar surface area (TPSA) is 71.3 Å². The predicted molar refractivity (Wildman–Crippen MR) is 117 cm³/mol. The first-order valence-electron chi connectivity index (χ1n) is 9.92. The third kappa shape index (κ3) is 5.76. The molecule has 3 aromatic rings. The van der Waals surface area contributed by atoms with Crippen molar-refractivity contribution in [2.24, 2.45) is 4.99 Å². The van der Waals surface area contributed by atoms with Crippen LogP contribution < -0.4 is 10.6 Å². The number of benzene rings is 2. The number of carbonyl (C=O) groups is 1. The van der Waals surface area contributed by atoms with Crippen LogP contribution in [0.1, 0.15) is 40.5 Å². The van der Waals surface area contributed by atoms with E-state index in [-0.39, 0.29) is 17.7 Å². The van der Waals surface area contributed by atoms with Crippen LogP contribution in [0.3, 0.4) is 0 Å². The molecule has 0 saturated heterocycles. The van der Waals surface area contributed by atoms with Gasteiger partial charge in [-0.15, -0.1) is 0 Å². The van der Waals surface area contributed by atoms with Gasteiger partial charge in [-0.1, -0.05) is 24.6 Å². The van der Waals surface area contributed by atoms with Crippen LogP contribution >= 0.6 is 0 Å². The molecule has 0 spiro atoms. The monoisotopic (exact) mass is 407 g/mol. The Balaban J connectivity index is 1.81. The van der Waals surface area contributed by atoms with Gasteiger partial charge in [-0.2, -0.15) is 5.10 Å². The molecular weight excluding hydrogens is 381 g/mol. The molecule has 1 aromatic heterocycles. The van der Waals surface area contributed by atoms with Crippen LogP contribution in [0.25, 0.3) is 0 Å². The summed E-state index contributed by atoms with van der Waals surface area (Å²) in [6.07, 6.45) is 2.97. The van der Waals surface area contributed by atoms with E-state index in [1.165, 1.54) is 12.1 Å². The molecule has 7 heteroatoms. The minimum Gasteiger partial charge on any atom is -0.326 e. The Morgan fingerprint density at radius 2 is 1.93 bits per heavy atom. The Morgan fingerprint density at radius 1 is 1.17 bits per heavy atom. The summed E-state index contributed by atoms with van der Waals surface area (Å²) >= 11 is 0. The van der Waals surface area contributed by atoms with Crippen LogP contribution in [-0.4, -0.2) is 21.6 Å². The van der Waals surface area contributed by atoms with Gasteiger partial charge >= 0.3 is 0 Å². The smallest absolute Gasteiger partial charge is 0.257 e. The summed E-state index contributed by atoms with van der Waals surface area (Å²) in [5.41, 5.74) is 4.03. The van der Waals surface area contributed by atoms with Gasteiger partial charge in [-0.05, 0) is 56.7 Å². The van der Waals surface area contributed by atoms with E-state index >= 15 is 0 Å². The largest absolute Gasteiger partial charge is 0.326 e. The van der Waals surface area contributed by atoms with Crippen molar-refractivity contribution in [2.45, 2.75) is 40.3 Å². The van der Waals surface area contributed by atoms with Gasteiger partial charge in [0, 0.05) is 29.6 Å². The van der Waals surface area contributed by atoms with E-state index in [1.54, 1.807) is 18.2 Å². The van der Waals surface area contributed by atoms with Crippen molar-refractivity contribution in [1.82, 2.24) is 15.1 Å². The Labute approximate surface area is 175 Å². The lowest BCUT2D eigenvalue weighted by Gasteiger charge is -2.12.